The van der Waals surface area contributed by atoms with E-state index in [-0.39, 0.29) is 17.5 Å². The molecule has 144 valence electrons. The third kappa shape index (κ3) is 3.88. The summed E-state index contributed by atoms with van der Waals surface area (Å²) in [6, 6.07) is 5.53. The molecule has 1 saturated heterocycles. The molecule has 0 saturated carbocycles. The summed E-state index contributed by atoms with van der Waals surface area (Å²) in [7, 11) is 0. The first-order chi connectivity index (χ1) is 13.6. The topological polar surface area (TPSA) is 112 Å². The van der Waals surface area contributed by atoms with Gasteiger partial charge < -0.3 is 18.6 Å². The third-order valence-electron chi connectivity index (χ3n) is 4.19. The van der Waals surface area contributed by atoms with Gasteiger partial charge in [-0.2, -0.15) is 10.2 Å². The first-order valence-corrected chi connectivity index (χ1v) is 10.3. The van der Waals surface area contributed by atoms with Crippen LogP contribution in [0, 0.1) is 18.3 Å². The number of nitrogens with zero attached hydrogens (tertiary/aromatic N) is 6. The standard InChI is InChI=1S/C17H16N6O3S2/c1-11-20-21-17(28-11)27-10-14(24)22-4-6-23(7-5-22)16-12(9-18)19-15(26-16)13-3-2-8-25-13/h2-3,8H,4-7,10H2,1H3. The van der Waals surface area contributed by atoms with Gasteiger partial charge in [0.1, 0.15) is 11.1 Å². The maximum Gasteiger partial charge on any atom is 0.266 e. The average molecular weight is 416 g/mol. The molecule has 0 aromatic carbocycles. The van der Waals surface area contributed by atoms with E-state index in [1.165, 1.54) is 29.4 Å². The number of furan rings is 1. The van der Waals surface area contributed by atoms with Crippen LogP contribution in [0.2, 0.25) is 0 Å². The Morgan fingerprint density at radius 2 is 2.18 bits per heavy atom. The van der Waals surface area contributed by atoms with Crippen molar-refractivity contribution >= 4 is 34.9 Å². The molecular weight excluding hydrogens is 400 g/mol. The first-order valence-electron chi connectivity index (χ1n) is 8.54. The van der Waals surface area contributed by atoms with Crippen molar-refractivity contribution in [2.75, 3.05) is 36.8 Å². The van der Waals surface area contributed by atoms with Crippen molar-refractivity contribution in [3.8, 4) is 17.7 Å². The van der Waals surface area contributed by atoms with E-state index in [0.29, 0.717) is 43.6 Å². The Bertz CT molecular complexity index is 999. The molecule has 4 rings (SSSR count). The number of oxazole rings is 1. The quantitative estimate of drug-likeness (QED) is 0.579. The molecule has 1 amide bonds. The fraction of sp³-hybridized carbons (Fsp3) is 0.353. The van der Waals surface area contributed by atoms with E-state index in [1.807, 2.05) is 16.7 Å². The zero-order valence-corrected chi connectivity index (χ0v) is 16.6. The van der Waals surface area contributed by atoms with E-state index in [4.69, 9.17) is 8.83 Å². The van der Waals surface area contributed by atoms with E-state index in [0.717, 1.165) is 9.35 Å². The number of aryl methyl sites for hydroxylation is 1. The van der Waals surface area contributed by atoms with Crippen molar-refractivity contribution in [3.05, 3.63) is 29.1 Å². The molecule has 0 spiro atoms. The maximum atomic E-state index is 12.4. The van der Waals surface area contributed by atoms with E-state index >= 15 is 0 Å². The summed E-state index contributed by atoms with van der Waals surface area (Å²) in [5.41, 5.74) is 0.216. The zero-order chi connectivity index (χ0) is 19.5. The monoisotopic (exact) mass is 416 g/mol. The number of hydrogen-bond donors (Lipinski definition) is 0. The van der Waals surface area contributed by atoms with Crippen LogP contribution < -0.4 is 4.90 Å². The molecule has 0 aliphatic carbocycles. The number of anilines is 1. The Morgan fingerprint density at radius 3 is 2.82 bits per heavy atom. The lowest BCUT2D eigenvalue weighted by molar-refractivity contribution is -0.128. The van der Waals surface area contributed by atoms with Crippen molar-refractivity contribution in [3.63, 3.8) is 0 Å². The number of piperazine rings is 1. The molecule has 4 heterocycles. The zero-order valence-electron chi connectivity index (χ0n) is 15.0. The predicted octanol–water partition coefficient (Wildman–Crippen LogP) is 2.41. The van der Waals surface area contributed by atoms with Crippen LogP contribution in [-0.4, -0.2) is 57.9 Å². The number of hydrogen-bond acceptors (Lipinski definition) is 10. The smallest absolute Gasteiger partial charge is 0.266 e. The molecule has 28 heavy (non-hydrogen) atoms. The lowest BCUT2D eigenvalue weighted by Crippen LogP contribution is -2.49. The van der Waals surface area contributed by atoms with Gasteiger partial charge in [0.2, 0.25) is 17.5 Å². The molecular formula is C17H16N6O3S2. The Hall–Kier alpha value is -2.84. The summed E-state index contributed by atoms with van der Waals surface area (Å²) in [5, 5.41) is 18.2. The van der Waals surface area contributed by atoms with E-state index in [9.17, 15) is 10.1 Å². The highest BCUT2D eigenvalue weighted by Gasteiger charge is 2.27. The molecule has 0 unspecified atom stereocenters. The van der Waals surface area contributed by atoms with Crippen molar-refractivity contribution < 1.29 is 13.6 Å². The Morgan fingerprint density at radius 1 is 1.36 bits per heavy atom. The van der Waals surface area contributed by atoms with Gasteiger partial charge >= 0.3 is 0 Å². The molecule has 1 fully saturated rings. The van der Waals surface area contributed by atoms with Gasteiger partial charge in [-0.3, -0.25) is 4.79 Å². The van der Waals surface area contributed by atoms with E-state index in [2.05, 4.69) is 21.3 Å². The van der Waals surface area contributed by atoms with Crippen LogP contribution in [0.1, 0.15) is 10.7 Å². The molecule has 11 heteroatoms. The van der Waals surface area contributed by atoms with E-state index in [1.54, 1.807) is 12.1 Å². The Balaban J connectivity index is 1.36. The maximum absolute atomic E-state index is 12.4. The van der Waals surface area contributed by atoms with Crippen LogP contribution in [0.5, 0.6) is 0 Å². The van der Waals surface area contributed by atoms with Gasteiger partial charge in [-0.25, -0.2) is 0 Å². The van der Waals surface area contributed by atoms with Crippen molar-refractivity contribution in [1.29, 1.82) is 5.26 Å². The van der Waals surface area contributed by atoms with Crippen molar-refractivity contribution in [2.45, 2.75) is 11.3 Å². The fourth-order valence-electron chi connectivity index (χ4n) is 2.82. The number of rotatable bonds is 5. The number of thioether (sulfide) groups is 1. The van der Waals surface area contributed by atoms with Gasteiger partial charge in [0.15, 0.2) is 10.1 Å². The average Bonchev–Trinajstić information content (AvgIpc) is 3.46. The van der Waals surface area contributed by atoms with Crippen LogP contribution >= 0.6 is 23.1 Å². The minimum Gasteiger partial charge on any atom is -0.459 e. The normalized spacial score (nSPS) is 14.3. The second kappa shape index (κ2) is 8.04. The number of amides is 1. The third-order valence-corrected chi connectivity index (χ3v) is 6.15. The van der Waals surface area contributed by atoms with Gasteiger partial charge in [0.25, 0.3) is 5.89 Å². The molecule has 9 nitrogen and oxygen atoms in total. The molecule has 0 radical (unpaired) electrons. The summed E-state index contributed by atoms with van der Waals surface area (Å²) in [6.45, 7) is 4.12. The largest absolute Gasteiger partial charge is 0.459 e. The molecule has 3 aromatic heterocycles. The summed E-state index contributed by atoms with van der Waals surface area (Å²) >= 11 is 2.89. The number of carbonyl (C=O) groups excluding carboxylic acids is 1. The lowest BCUT2D eigenvalue weighted by Gasteiger charge is -2.34. The minimum atomic E-state index is 0.0619. The highest BCUT2D eigenvalue weighted by Crippen LogP contribution is 2.29. The predicted molar refractivity (Wildman–Crippen MR) is 103 cm³/mol. The molecule has 3 aromatic rings. The molecule has 1 aliphatic rings. The second-order valence-electron chi connectivity index (χ2n) is 6.01. The Kier molecular flexibility index (Phi) is 5.31. The SMILES string of the molecule is Cc1nnc(SCC(=O)N2CCN(c3oc(-c4ccco4)nc3C#N)CC2)s1. The highest BCUT2D eigenvalue weighted by molar-refractivity contribution is 8.01. The number of carbonyl (C=O) groups is 1. The van der Waals surface area contributed by atoms with Crippen LogP contribution in [0.4, 0.5) is 5.88 Å². The summed E-state index contributed by atoms with van der Waals surface area (Å²) in [4.78, 5) is 20.4. The highest BCUT2D eigenvalue weighted by atomic mass is 32.2. The van der Waals surface area contributed by atoms with E-state index < -0.39 is 0 Å². The van der Waals surface area contributed by atoms with Gasteiger partial charge in [0.05, 0.1) is 12.0 Å². The summed E-state index contributed by atoms with van der Waals surface area (Å²) < 4.78 is 11.9. The molecule has 1 aliphatic heterocycles. The minimum absolute atomic E-state index is 0.0619. The summed E-state index contributed by atoms with van der Waals surface area (Å²) in [5.74, 6) is 1.56. The van der Waals surface area contributed by atoms with Crippen LogP contribution in [0.25, 0.3) is 11.7 Å². The summed E-state index contributed by atoms with van der Waals surface area (Å²) in [6.07, 6.45) is 1.52. The van der Waals surface area contributed by atoms with Gasteiger partial charge in [-0.1, -0.05) is 23.1 Å². The number of aromatic nitrogens is 3. The van der Waals surface area contributed by atoms with Crippen LogP contribution in [0.15, 0.2) is 31.6 Å². The van der Waals surface area contributed by atoms with Gasteiger partial charge in [-0.05, 0) is 19.1 Å². The van der Waals surface area contributed by atoms with Crippen LogP contribution in [0.3, 0.4) is 0 Å². The first kappa shape index (κ1) is 18.5. The molecule has 0 bridgehead atoms. The van der Waals surface area contributed by atoms with Gasteiger partial charge in [-0.15, -0.1) is 10.2 Å². The van der Waals surface area contributed by atoms with Crippen LogP contribution in [-0.2, 0) is 4.79 Å². The van der Waals surface area contributed by atoms with Crippen molar-refractivity contribution in [1.82, 2.24) is 20.1 Å². The Labute approximate surface area is 169 Å². The van der Waals surface area contributed by atoms with Crippen molar-refractivity contribution in [2.24, 2.45) is 0 Å². The fourth-order valence-corrected chi connectivity index (χ4v) is 4.53. The molecule has 0 atom stereocenters. The lowest BCUT2D eigenvalue weighted by atomic mass is 10.3. The molecule has 0 N–H and O–H groups in total. The number of nitriles is 1. The van der Waals surface area contributed by atoms with Gasteiger partial charge in [0, 0.05) is 26.2 Å². The second-order valence-corrected chi connectivity index (χ2v) is 8.41.